The van der Waals surface area contributed by atoms with E-state index in [1.54, 1.807) is 24.3 Å². The van der Waals surface area contributed by atoms with E-state index in [4.69, 9.17) is 0 Å². The average Bonchev–Trinajstić information content (AvgIpc) is 2.25. The molecule has 0 aliphatic carbocycles. The summed E-state index contributed by atoms with van der Waals surface area (Å²) in [6.45, 7) is 2.24. The van der Waals surface area contributed by atoms with Crippen molar-refractivity contribution in [1.82, 2.24) is 4.31 Å². The molecule has 0 unspecified atom stereocenters. The van der Waals surface area contributed by atoms with Crippen molar-refractivity contribution in [2.75, 3.05) is 13.1 Å². The van der Waals surface area contributed by atoms with Crippen LogP contribution in [0.1, 0.15) is 13.3 Å². The fourth-order valence-corrected chi connectivity index (χ4v) is 3.72. The Morgan fingerprint density at radius 2 is 1.88 bits per heavy atom. The standard InChI is InChI=1S/C11H14INO3S/c1-2-11(14)7-13(8-11)17(15,16)10-5-3-9(12)4-6-10/h3-6,14H,2,7-8H2,1H3. The molecule has 1 aromatic carbocycles. The van der Waals surface area contributed by atoms with E-state index in [0.717, 1.165) is 3.57 Å². The molecule has 0 aromatic heterocycles. The van der Waals surface area contributed by atoms with Gasteiger partial charge in [0.05, 0.1) is 10.5 Å². The monoisotopic (exact) mass is 367 g/mol. The van der Waals surface area contributed by atoms with Crippen molar-refractivity contribution in [3.05, 3.63) is 27.8 Å². The van der Waals surface area contributed by atoms with Crippen LogP contribution in [0.3, 0.4) is 0 Å². The molecule has 0 amide bonds. The summed E-state index contributed by atoms with van der Waals surface area (Å²) in [4.78, 5) is 0.288. The molecule has 1 N–H and O–H groups in total. The Morgan fingerprint density at radius 3 is 2.35 bits per heavy atom. The zero-order valence-electron chi connectivity index (χ0n) is 9.43. The quantitative estimate of drug-likeness (QED) is 0.823. The Morgan fingerprint density at radius 1 is 1.35 bits per heavy atom. The lowest BCUT2D eigenvalue weighted by atomic mass is 9.94. The molecule has 1 saturated heterocycles. The van der Waals surface area contributed by atoms with Gasteiger partial charge < -0.3 is 5.11 Å². The molecule has 94 valence electrons. The first-order valence-electron chi connectivity index (χ1n) is 5.35. The van der Waals surface area contributed by atoms with E-state index in [0.29, 0.717) is 6.42 Å². The SMILES string of the molecule is CCC1(O)CN(S(=O)(=O)c2ccc(I)cc2)C1. The molecule has 6 heteroatoms. The lowest BCUT2D eigenvalue weighted by Crippen LogP contribution is -2.62. The van der Waals surface area contributed by atoms with Gasteiger partial charge in [-0.1, -0.05) is 6.92 Å². The van der Waals surface area contributed by atoms with Crippen LogP contribution in [0.4, 0.5) is 0 Å². The summed E-state index contributed by atoms with van der Waals surface area (Å²) in [6, 6.07) is 6.72. The molecule has 0 spiro atoms. The number of benzene rings is 1. The van der Waals surface area contributed by atoms with Crippen LogP contribution in [-0.2, 0) is 10.0 Å². The maximum Gasteiger partial charge on any atom is 0.243 e. The number of halogens is 1. The molecule has 0 bridgehead atoms. The Kier molecular flexibility index (Phi) is 3.50. The van der Waals surface area contributed by atoms with Gasteiger partial charge in [0, 0.05) is 16.7 Å². The highest BCUT2D eigenvalue weighted by Crippen LogP contribution is 2.30. The van der Waals surface area contributed by atoms with Crippen molar-refractivity contribution in [3.63, 3.8) is 0 Å². The Balaban J connectivity index is 2.19. The second-order valence-corrected chi connectivity index (χ2v) is 7.49. The zero-order chi connectivity index (χ0) is 12.7. The summed E-state index contributed by atoms with van der Waals surface area (Å²) in [6.07, 6.45) is 0.575. The van der Waals surface area contributed by atoms with Gasteiger partial charge >= 0.3 is 0 Å². The summed E-state index contributed by atoms with van der Waals surface area (Å²) in [5.41, 5.74) is -0.837. The summed E-state index contributed by atoms with van der Waals surface area (Å²) in [7, 11) is -3.43. The fraction of sp³-hybridized carbons (Fsp3) is 0.455. The lowest BCUT2D eigenvalue weighted by Gasteiger charge is -2.44. The minimum atomic E-state index is -3.43. The Hall–Kier alpha value is -0.180. The third kappa shape index (κ3) is 2.49. The minimum absolute atomic E-state index is 0.192. The normalized spacial score (nSPS) is 19.9. The molecule has 1 aliphatic rings. The first-order valence-corrected chi connectivity index (χ1v) is 7.87. The van der Waals surface area contributed by atoms with Gasteiger partial charge in [-0.25, -0.2) is 8.42 Å². The predicted octanol–water partition coefficient (Wildman–Crippen LogP) is 1.44. The molecule has 1 fully saturated rings. The molecular weight excluding hydrogens is 353 g/mol. The van der Waals surface area contributed by atoms with Crippen molar-refractivity contribution in [2.45, 2.75) is 23.8 Å². The maximum absolute atomic E-state index is 12.1. The topological polar surface area (TPSA) is 57.6 Å². The summed E-state index contributed by atoms with van der Waals surface area (Å²) in [5.74, 6) is 0. The van der Waals surface area contributed by atoms with E-state index in [-0.39, 0.29) is 18.0 Å². The number of hydrogen-bond acceptors (Lipinski definition) is 3. The van der Waals surface area contributed by atoms with Gasteiger partial charge in [0.25, 0.3) is 0 Å². The van der Waals surface area contributed by atoms with Crippen LogP contribution in [0.2, 0.25) is 0 Å². The van der Waals surface area contributed by atoms with E-state index in [1.165, 1.54) is 4.31 Å². The number of sulfonamides is 1. The summed E-state index contributed by atoms with van der Waals surface area (Å²) in [5, 5.41) is 9.84. The van der Waals surface area contributed by atoms with Gasteiger partial charge in [-0.05, 0) is 53.3 Å². The molecule has 1 heterocycles. The van der Waals surface area contributed by atoms with Gasteiger partial charge in [0.15, 0.2) is 0 Å². The molecule has 4 nitrogen and oxygen atoms in total. The van der Waals surface area contributed by atoms with E-state index in [2.05, 4.69) is 22.6 Å². The first-order chi connectivity index (χ1) is 7.87. The second-order valence-electron chi connectivity index (χ2n) is 4.30. The van der Waals surface area contributed by atoms with Gasteiger partial charge in [-0.15, -0.1) is 0 Å². The Labute approximate surface area is 115 Å². The molecule has 0 radical (unpaired) electrons. The van der Waals surface area contributed by atoms with Crippen LogP contribution < -0.4 is 0 Å². The largest absolute Gasteiger partial charge is 0.387 e. The van der Waals surface area contributed by atoms with Crippen molar-refractivity contribution in [3.8, 4) is 0 Å². The van der Waals surface area contributed by atoms with Crippen molar-refractivity contribution in [2.24, 2.45) is 0 Å². The van der Waals surface area contributed by atoms with E-state index < -0.39 is 15.6 Å². The fourth-order valence-electron chi connectivity index (χ4n) is 1.76. The van der Waals surface area contributed by atoms with E-state index in [9.17, 15) is 13.5 Å². The van der Waals surface area contributed by atoms with Crippen molar-refractivity contribution >= 4 is 32.6 Å². The van der Waals surface area contributed by atoms with E-state index in [1.807, 2.05) is 6.92 Å². The molecule has 1 aromatic rings. The second kappa shape index (κ2) is 4.49. The molecule has 0 saturated carbocycles. The number of rotatable bonds is 3. The molecular formula is C11H14INO3S. The van der Waals surface area contributed by atoms with Crippen LogP contribution in [0.25, 0.3) is 0 Å². The minimum Gasteiger partial charge on any atom is -0.387 e. The van der Waals surface area contributed by atoms with Crippen LogP contribution in [0.5, 0.6) is 0 Å². The highest BCUT2D eigenvalue weighted by molar-refractivity contribution is 14.1. The highest BCUT2D eigenvalue weighted by atomic mass is 127. The highest BCUT2D eigenvalue weighted by Gasteiger charge is 2.45. The third-order valence-corrected chi connectivity index (χ3v) is 5.58. The first kappa shape index (κ1) is 13.3. The smallest absolute Gasteiger partial charge is 0.243 e. The zero-order valence-corrected chi connectivity index (χ0v) is 12.4. The Bertz CT molecular complexity index is 506. The number of aliphatic hydroxyl groups is 1. The number of nitrogens with zero attached hydrogens (tertiary/aromatic N) is 1. The van der Waals surface area contributed by atoms with Gasteiger partial charge in [0.1, 0.15) is 0 Å². The van der Waals surface area contributed by atoms with Gasteiger partial charge in [0.2, 0.25) is 10.0 Å². The molecule has 2 rings (SSSR count). The summed E-state index contributed by atoms with van der Waals surface area (Å²) < 4.78 is 26.6. The molecule has 17 heavy (non-hydrogen) atoms. The van der Waals surface area contributed by atoms with Crippen molar-refractivity contribution in [1.29, 1.82) is 0 Å². The maximum atomic E-state index is 12.1. The number of hydrogen-bond donors (Lipinski definition) is 1. The average molecular weight is 367 g/mol. The summed E-state index contributed by atoms with van der Waals surface area (Å²) >= 11 is 2.13. The van der Waals surface area contributed by atoms with Gasteiger partial charge in [-0.2, -0.15) is 4.31 Å². The van der Waals surface area contributed by atoms with Gasteiger partial charge in [-0.3, -0.25) is 0 Å². The number of β-amino-alcohol motifs (C(OH)–C–C–N with tert-alkyl or cyclic N) is 1. The van der Waals surface area contributed by atoms with Crippen LogP contribution in [-0.4, -0.2) is 36.5 Å². The van der Waals surface area contributed by atoms with Crippen LogP contribution >= 0.6 is 22.6 Å². The van der Waals surface area contributed by atoms with Crippen LogP contribution in [0, 0.1) is 3.57 Å². The molecule has 1 aliphatic heterocycles. The molecule has 0 atom stereocenters. The van der Waals surface area contributed by atoms with Crippen LogP contribution in [0.15, 0.2) is 29.2 Å². The predicted molar refractivity (Wildman–Crippen MR) is 73.2 cm³/mol. The lowest BCUT2D eigenvalue weighted by molar-refractivity contribution is -0.0613. The third-order valence-electron chi connectivity index (χ3n) is 3.05. The van der Waals surface area contributed by atoms with Crippen molar-refractivity contribution < 1.29 is 13.5 Å². The van der Waals surface area contributed by atoms with E-state index >= 15 is 0 Å².